The highest BCUT2D eigenvalue weighted by Crippen LogP contribution is 2.17. The summed E-state index contributed by atoms with van der Waals surface area (Å²) in [5.41, 5.74) is 2.34. The predicted molar refractivity (Wildman–Crippen MR) is 85.0 cm³/mol. The highest BCUT2D eigenvalue weighted by molar-refractivity contribution is 6.02. The average Bonchev–Trinajstić information content (AvgIpc) is 3.02. The van der Waals surface area contributed by atoms with Crippen molar-refractivity contribution >= 4 is 16.9 Å². The van der Waals surface area contributed by atoms with Crippen LogP contribution in [0.4, 0.5) is 0 Å². The highest BCUT2D eigenvalue weighted by atomic mass is 16.5. The molecule has 0 saturated carbocycles. The number of rotatable bonds is 6. The number of carbonyl (C=O) groups excluding carboxylic acids is 1. The number of nitrogens with zero attached hydrogens (tertiary/aromatic N) is 3. The van der Waals surface area contributed by atoms with Gasteiger partial charge in [0.15, 0.2) is 0 Å². The number of fused-ring (bicyclic) bond motifs is 1. The van der Waals surface area contributed by atoms with Gasteiger partial charge in [0.2, 0.25) is 0 Å². The zero-order valence-corrected chi connectivity index (χ0v) is 12.8. The van der Waals surface area contributed by atoms with Gasteiger partial charge in [0.05, 0.1) is 50.3 Å². The van der Waals surface area contributed by atoms with Crippen molar-refractivity contribution in [2.24, 2.45) is 0 Å². The maximum Gasteiger partial charge on any atom is 0.340 e. The van der Waals surface area contributed by atoms with Crippen molar-refractivity contribution in [3.63, 3.8) is 0 Å². The molecule has 0 radical (unpaired) electrons. The third kappa shape index (κ3) is 3.37. The molecule has 0 fully saturated rings. The van der Waals surface area contributed by atoms with E-state index in [0.717, 1.165) is 16.5 Å². The first-order chi connectivity index (χ1) is 11.3. The van der Waals surface area contributed by atoms with Crippen molar-refractivity contribution in [1.29, 1.82) is 0 Å². The van der Waals surface area contributed by atoms with E-state index in [2.05, 4.69) is 10.1 Å². The van der Waals surface area contributed by atoms with E-state index in [4.69, 9.17) is 9.47 Å². The molecule has 6 heteroatoms. The molecule has 3 aromatic rings. The molecule has 0 aliphatic heterocycles. The quantitative estimate of drug-likeness (QED) is 0.517. The van der Waals surface area contributed by atoms with E-state index in [1.54, 1.807) is 17.1 Å². The van der Waals surface area contributed by atoms with E-state index in [9.17, 15) is 4.79 Å². The Kier molecular flexibility index (Phi) is 4.63. The smallest absolute Gasteiger partial charge is 0.340 e. The highest BCUT2D eigenvalue weighted by Gasteiger charge is 2.14. The molecule has 0 N–H and O–H groups in total. The summed E-state index contributed by atoms with van der Waals surface area (Å²) in [6.07, 6.45) is 4.83. The normalized spacial score (nSPS) is 10.8. The van der Waals surface area contributed by atoms with Gasteiger partial charge in [0, 0.05) is 11.6 Å². The minimum atomic E-state index is -0.414. The van der Waals surface area contributed by atoms with Crippen LogP contribution >= 0.6 is 0 Å². The second-order valence-electron chi connectivity index (χ2n) is 5.02. The summed E-state index contributed by atoms with van der Waals surface area (Å²) in [6.45, 7) is 1.67. The Bertz CT molecular complexity index is 799. The third-order valence-electron chi connectivity index (χ3n) is 3.54. The average molecular weight is 311 g/mol. The largest absolute Gasteiger partial charge is 0.465 e. The van der Waals surface area contributed by atoms with Crippen LogP contribution in [0, 0.1) is 0 Å². The van der Waals surface area contributed by atoms with Crippen molar-refractivity contribution in [3.8, 4) is 0 Å². The molecule has 23 heavy (non-hydrogen) atoms. The number of hydrogen-bond donors (Lipinski definition) is 0. The van der Waals surface area contributed by atoms with Crippen LogP contribution in [-0.4, -0.2) is 34.5 Å². The second-order valence-corrected chi connectivity index (χ2v) is 5.02. The first-order valence-corrected chi connectivity index (χ1v) is 7.29. The maximum atomic E-state index is 11.7. The van der Waals surface area contributed by atoms with Gasteiger partial charge in [-0.2, -0.15) is 5.10 Å². The maximum absolute atomic E-state index is 11.7. The Balaban J connectivity index is 1.66. The van der Waals surface area contributed by atoms with Gasteiger partial charge in [-0.15, -0.1) is 0 Å². The van der Waals surface area contributed by atoms with E-state index in [1.165, 1.54) is 13.3 Å². The molecule has 0 spiro atoms. The van der Waals surface area contributed by atoms with Gasteiger partial charge >= 0.3 is 5.97 Å². The number of carbonyl (C=O) groups is 1. The van der Waals surface area contributed by atoms with Crippen LogP contribution in [0.15, 0.2) is 48.9 Å². The number of aromatic nitrogens is 3. The lowest BCUT2D eigenvalue weighted by molar-refractivity contribution is 0.0602. The van der Waals surface area contributed by atoms with E-state index in [1.807, 2.05) is 30.3 Å². The third-order valence-corrected chi connectivity index (χ3v) is 3.54. The van der Waals surface area contributed by atoms with Gasteiger partial charge in [0.25, 0.3) is 0 Å². The van der Waals surface area contributed by atoms with Gasteiger partial charge in [0.1, 0.15) is 0 Å². The van der Waals surface area contributed by atoms with E-state index >= 15 is 0 Å². The van der Waals surface area contributed by atoms with Crippen molar-refractivity contribution in [1.82, 2.24) is 14.8 Å². The van der Waals surface area contributed by atoms with Gasteiger partial charge in [-0.25, -0.2) is 4.79 Å². The van der Waals surface area contributed by atoms with Crippen LogP contribution in [0.25, 0.3) is 10.9 Å². The van der Waals surface area contributed by atoms with Crippen LogP contribution in [0.2, 0.25) is 0 Å². The van der Waals surface area contributed by atoms with E-state index < -0.39 is 5.97 Å². The number of methoxy groups -OCH3 is 1. The lowest BCUT2D eigenvalue weighted by atomic mass is 10.2. The fourth-order valence-electron chi connectivity index (χ4n) is 2.36. The summed E-state index contributed by atoms with van der Waals surface area (Å²) in [7, 11) is 1.35. The summed E-state index contributed by atoms with van der Waals surface area (Å²) in [4.78, 5) is 15.8. The van der Waals surface area contributed by atoms with Crippen LogP contribution in [-0.2, 0) is 22.6 Å². The predicted octanol–water partition coefficient (Wildman–Crippen LogP) is 2.43. The fourth-order valence-corrected chi connectivity index (χ4v) is 2.36. The fraction of sp³-hybridized carbons (Fsp3) is 0.235. The van der Waals surface area contributed by atoms with Crippen LogP contribution < -0.4 is 0 Å². The van der Waals surface area contributed by atoms with Crippen molar-refractivity contribution in [2.75, 3.05) is 13.7 Å². The van der Waals surface area contributed by atoms with Crippen molar-refractivity contribution < 1.29 is 14.3 Å². The molecular weight excluding hydrogens is 294 g/mol. The molecule has 1 aromatic carbocycles. The molecule has 2 aromatic heterocycles. The first-order valence-electron chi connectivity index (χ1n) is 7.29. The lowest BCUT2D eigenvalue weighted by Gasteiger charge is -2.06. The standard InChI is InChI=1S/C17H17N3O3/c1-22-17(21)15-9-18-11-16-14(15)10-19-20(16)7-8-23-12-13-5-3-2-4-6-13/h2-6,9-11H,7-8,12H2,1H3. The summed E-state index contributed by atoms with van der Waals surface area (Å²) >= 11 is 0. The van der Waals surface area contributed by atoms with Gasteiger partial charge in [-0.1, -0.05) is 30.3 Å². The number of ether oxygens (including phenoxy) is 2. The molecule has 2 heterocycles. The SMILES string of the molecule is COC(=O)c1cncc2c1cnn2CCOCc1ccccc1. The molecular formula is C17H17N3O3. The Morgan fingerprint density at radius 3 is 2.78 bits per heavy atom. The first kappa shape index (κ1) is 15.2. The molecule has 6 nitrogen and oxygen atoms in total. The number of benzene rings is 1. The lowest BCUT2D eigenvalue weighted by Crippen LogP contribution is -2.08. The molecule has 0 unspecified atom stereocenters. The topological polar surface area (TPSA) is 66.2 Å². The van der Waals surface area contributed by atoms with E-state index in [0.29, 0.717) is 25.3 Å². The Labute approximate surface area is 133 Å². The van der Waals surface area contributed by atoms with Gasteiger partial charge in [-0.05, 0) is 5.56 Å². The van der Waals surface area contributed by atoms with Crippen LogP contribution in [0.1, 0.15) is 15.9 Å². The zero-order chi connectivity index (χ0) is 16.1. The van der Waals surface area contributed by atoms with Gasteiger partial charge in [-0.3, -0.25) is 9.67 Å². The summed E-state index contributed by atoms with van der Waals surface area (Å²) in [5.74, 6) is -0.414. The summed E-state index contributed by atoms with van der Waals surface area (Å²) in [6, 6.07) is 10.00. The minimum Gasteiger partial charge on any atom is -0.465 e. The summed E-state index contributed by atoms with van der Waals surface area (Å²) < 4.78 is 12.2. The monoisotopic (exact) mass is 311 g/mol. The molecule has 0 aliphatic carbocycles. The second kappa shape index (κ2) is 7.02. The number of pyridine rings is 1. The molecule has 0 saturated heterocycles. The molecule has 118 valence electrons. The van der Waals surface area contributed by atoms with E-state index in [-0.39, 0.29) is 0 Å². The van der Waals surface area contributed by atoms with Crippen LogP contribution in [0.3, 0.4) is 0 Å². The zero-order valence-electron chi connectivity index (χ0n) is 12.8. The Morgan fingerprint density at radius 1 is 1.17 bits per heavy atom. The van der Waals surface area contributed by atoms with Crippen LogP contribution in [0.5, 0.6) is 0 Å². The number of esters is 1. The number of hydrogen-bond acceptors (Lipinski definition) is 5. The van der Waals surface area contributed by atoms with Gasteiger partial charge < -0.3 is 9.47 Å². The van der Waals surface area contributed by atoms with Crippen molar-refractivity contribution in [2.45, 2.75) is 13.2 Å². The Morgan fingerprint density at radius 2 is 2.00 bits per heavy atom. The molecule has 0 bridgehead atoms. The van der Waals surface area contributed by atoms with Crippen molar-refractivity contribution in [3.05, 3.63) is 60.0 Å². The summed E-state index contributed by atoms with van der Waals surface area (Å²) in [5, 5.41) is 5.04. The molecule has 0 atom stereocenters. The molecule has 0 aliphatic rings. The Hall–Kier alpha value is -2.73. The minimum absolute atomic E-state index is 0.414. The molecule has 0 amide bonds. The molecule has 3 rings (SSSR count).